The summed E-state index contributed by atoms with van der Waals surface area (Å²) in [5.41, 5.74) is 0.939. The van der Waals surface area contributed by atoms with Crippen LogP contribution in [-0.2, 0) is 6.54 Å². The van der Waals surface area contributed by atoms with Gasteiger partial charge in [0.2, 0.25) is 0 Å². The zero-order valence-electron chi connectivity index (χ0n) is 9.18. The molecule has 0 unspecified atom stereocenters. The molecule has 18 heavy (non-hydrogen) atoms. The maximum Gasteiger partial charge on any atom is 0.147 e. The fourth-order valence-corrected chi connectivity index (χ4v) is 1.95. The lowest BCUT2D eigenvalue weighted by molar-refractivity contribution is 0.625. The van der Waals surface area contributed by atoms with Gasteiger partial charge >= 0.3 is 0 Å². The number of benzene rings is 2. The fraction of sp³-hybridized carbons (Fsp3) is 0.0769. The largest absolute Gasteiger partial charge is 0.379 e. The summed E-state index contributed by atoms with van der Waals surface area (Å²) in [7, 11) is 0. The van der Waals surface area contributed by atoms with Crippen molar-refractivity contribution in [3.05, 3.63) is 63.6 Å². The summed E-state index contributed by atoms with van der Waals surface area (Å²) < 4.78 is 26.5. The molecule has 1 nitrogen and oxygen atoms in total. The van der Waals surface area contributed by atoms with E-state index in [4.69, 9.17) is 23.2 Å². The van der Waals surface area contributed by atoms with Crippen molar-refractivity contribution >= 4 is 28.9 Å². The maximum atomic E-state index is 13.5. The standard InChI is InChI=1S/C13H9Cl2F2N/c14-9-1-2-13(12(17)6-9)18-7-8-3-10(15)5-11(16)4-8/h1-6,18H,7H2. The third kappa shape index (κ3) is 3.34. The van der Waals surface area contributed by atoms with Crippen LogP contribution in [0.1, 0.15) is 5.56 Å². The molecule has 2 rings (SSSR count). The van der Waals surface area contributed by atoms with Crippen LogP contribution in [0.3, 0.4) is 0 Å². The van der Waals surface area contributed by atoms with Gasteiger partial charge in [-0.25, -0.2) is 8.78 Å². The van der Waals surface area contributed by atoms with Gasteiger partial charge in [-0.05, 0) is 42.0 Å². The molecule has 2 aromatic rings. The lowest BCUT2D eigenvalue weighted by atomic mass is 10.2. The van der Waals surface area contributed by atoms with Crippen molar-refractivity contribution in [3.63, 3.8) is 0 Å². The Balaban J connectivity index is 2.11. The van der Waals surface area contributed by atoms with E-state index < -0.39 is 11.6 Å². The third-order valence-corrected chi connectivity index (χ3v) is 2.79. The molecule has 0 aromatic heterocycles. The average Bonchev–Trinajstić information content (AvgIpc) is 2.26. The molecule has 2 aromatic carbocycles. The van der Waals surface area contributed by atoms with E-state index in [-0.39, 0.29) is 6.54 Å². The zero-order valence-corrected chi connectivity index (χ0v) is 10.7. The first-order valence-corrected chi connectivity index (χ1v) is 5.94. The fourth-order valence-electron chi connectivity index (χ4n) is 1.54. The molecule has 0 bridgehead atoms. The predicted octanol–water partition coefficient (Wildman–Crippen LogP) is 4.88. The highest BCUT2D eigenvalue weighted by Crippen LogP contribution is 2.20. The summed E-state index contributed by atoms with van der Waals surface area (Å²) in [5, 5.41) is 3.49. The summed E-state index contributed by atoms with van der Waals surface area (Å²) in [6, 6.07) is 8.48. The molecule has 0 amide bonds. The quantitative estimate of drug-likeness (QED) is 0.848. The van der Waals surface area contributed by atoms with E-state index in [2.05, 4.69) is 5.32 Å². The second-order valence-electron chi connectivity index (χ2n) is 3.76. The van der Waals surface area contributed by atoms with E-state index in [9.17, 15) is 8.78 Å². The molecule has 0 aliphatic carbocycles. The van der Waals surface area contributed by atoms with E-state index >= 15 is 0 Å². The Bertz CT molecular complexity index is 553. The van der Waals surface area contributed by atoms with Crippen LogP contribution in [0, 0.1) is 11.6 Å². The molecule has 0 fully saturated rings. The van der Waals surface area contributed by atoms with Crippen LogP contribution in [0.15, 0.2) is 36.4 Å². The summed E-state index contributed by atoms with van der Waals surface area (Å²) in [6.07, 6.45) is 0. The predicted molar refractivity (Wildman–Crippen MR) is 70.1 cm³/mol. The van der Waals surface area contributed by atoms with Gasteiger partial charge in [0.05, 0.1) is 5.69 Å². The highest BCUT2D eigenvalue weighted by atomic mass is 35.5. The van der Waals surface area contributed by atoms with Crippen molar-refractivity contribution in [1.29, 1.82) is 0 Å². The molecule has 0 heterocycles. The summed E-state index contributed by atoms with van der Waals surface area (Å²) >= 11 is 11.4. The van der Waals surface area contributed by atoms with Crippen LogP contribution in [0.2, 0.25) is 10.0 Å². The number of hydrogen-bond donors (Lipinski definition) is 1. The second-order valence-corrected chi connectivity index (χ2v) is 4.63. The van der Waals surface area contributed by atoms with Crippen molar-refractivity contribution in [2.24, 2.45) is 0 Å². The lowest BCUT2D eigenvalue weighted by Gasteiger charge is -2.08. The molecule has 94 valence electrons. The van der Waals surface area contributed by atoms with Crippen LogP contribution in [0.4, 0.5) is 14.5 Å². The van der Waals surface area contributed by atoms with Gasteiger partial charge in [-0.15, -0.1) is 0 Å². The first-order valence-electron chi connectivity index (χ1n) is 5.18. The van der Waals surface area contributed by atoms with E-state index in [0.717, 1.165) is 0 Å². The van der Waals surface area contributed by atoms with Crippen LogP contribution in [0.25, 0.3) is 0 Å². The number of nitrogens with one attached hydrogen (secondary N) is 1. The van der Waals surface area contributed by atoms with Gasteiger partial charge in [0.25, 0.3) is 0 Å². The molecule has 1 N–H and O–H groups in total. The zero-order chi connectivity index (χ0) is 13.1. The Kier molecular flexibility index (Phi) is 4.04. The van der Waals surface area contributed by atoms with Gasteiger partial charge in [-0.3, -0.25) is 0 Å². The maximum absolute atomic E-state index is 13.5. The normalized spacial score (nSPS) is 10.4. The van der Waals surface area contributed by atoms with E-state index in [1.807, 2.05) is 0 Å². The van der Waals surface area contributed by atoms with Crippen molar-refractivity contribution in [1.82, 2.24) is 0 Å². The Hall–Kier alpha value is -1.32. The Morgan fingerprint density at radius 2 is 1.72 bits per heavy atom. The molecule has 0 saturated heterocycles. The summed E-state index contributed by atoms with van der Waals surface area (Å²) in [6.45, 7) is 0.274. The molecule has 0 aliphatic rings. The first-order chi connectivity index (χ1) is 8.54. The Morgan fingerprint density at radius 3 is 2.39 bits per heavy atom. The van der Waals surface area contributed by atoms with Crippen LogP contribution in [0.5, 0.6) is 0 Å². The van der Waals surface area contributed by atoms with Crippen LogP contribution in [-0.4, -0.2) is 0 Å². The number of hydrogen-bond acceptors (Lipinski definition) is 1. The van der Waals surface area contributed by atoms with Crippen molar-refractivity contribution in [2.45, 2.75) is 6.54 Å². The molecule has 0 atom stereocenters. The molecular weight excluding hydrogens is 279 g/mol. The minimum Gasteiger partial charge on any atom is -0.379 e. The number of halogens is 4. The van der Waals surface area contributed by atoms with E-state index in [1.165, 1.54) is 24.3 Å². The van der Waals surface area contributed by atoms with Gasteiger partial charge in [0, 0.05) is 16.6 Å². The van der Waals surface area contributed by atoms with Gasteiger partial charge in [-0.2, -0.15) is 0 Å². The molecule has 0 radical (unpaired) electrons. The van der Waals surface area contributed by atoms with Gasteiger partial charge < -0.3 is 5.32 Å². The van der Waals surface area contributed by atoms with Crippen LogP contribution < -0.4 is 5.32 Å². The monoisotopic (exact) mass is 287 g/mol. The highest BCUT2D eigenvalue weighted by Gasteiger charge is 2.04. The average molecular weight is 288 g/mol. The van der Waals surface area contributed by atoms with Crippen molar-refractivity contribution in [3.8, 4) is 0 Å². The Labute approximate surface area is 113 Å². The minimum absolute atomic E-state index is 0.274. The molecule has 0 spiro atoms. The summed E-state index contributed by atoms with van der Waals surface area (Å²) in [4.78, 5) is 0. The van der Waals surface area contributed by atoms with Gasteiger partial charge in [-0.1, -0.05) is 23.2 Å². The van der Waals surface area contributed by atoms with Crippen molar-refractivity contribution < 1.29 is 8.78 Å². The minimum atomic E-state index is -0.454. The third-order valence-electron chi connectivity index (χ3n) is 2.34. The van der Waals surface area contributed by atoms with Crippen molar-refractivity contribution in [2.75, 3.05) is 5.32 Å². The molecule has 0 saturated carbocycles. The van der Waals surface area contributed by atoms with Gasteiger partial charge in [0.15, 0.2) is 0 Å². The second kappa shape index (κ2) is 5.55. The SMILES string of the molecule is Fc1cc(Cl)cc(CNc2ccc(Cl)cc2F)c1. The Morgan fingerprint density at radius 1 is 0.944 bits per heavy atom. The van der Waals surface area contributed by atoms with Gasteiger partial charge in [0.1, 0.15) is 11.6 Å². The molecular formula is C13H9Cl2F2N. The van der Waals surface area contributed by atoms with Crippen LogP contribution >= 0.6 is 23.2 Å². The summed E-state index contributed by atoms with van der Waals surface area (Å²) in [5.74, 6) is -0.874. The van der Waals surface area contributed by atoms with E-state index in [1.54, 1.807) is 12.1 Å². The topological polar surface area (TPSA) is 12.0 Å². The number of rotatable bonds is 3. The smallest absolute Gasteiger partial charge is 0.147 e. The first kappa shape index (κ1) is 13.1. The molecule has 0 aliphatic heterocycles. The lowest BCUT2D eigenvalue weighted by Crippen LogP contribution is -2.01. The van der Waals surface area contributed by atoms with E-state index in [0.29, 0.717) is 21.3 Å². The number of anilines is 1. The molecule has 5 heteroatoms. The highest BCUT2D eigenvalue weighted by molar-refractivity contribution is 6.30.